The Morgan fingerprint density at radius 1 is 1.47 bits per heavy atom. The van der Waals surface area contributed by atoms with Crippen LogP contribution in [0, 0.1) is 10.1 Å². The molecule has 1 aromatic carbocycles. The summed E-state index contributed by atoms with van der Waals surface area (Å²) in [5, 5.41) is 21.9. The lowest BCUT2D eigenvalue weighted by molar-refractivity contribution is -0.384. The molecule has 0 aliphatic carbocycles. The number of nitrogens with one attached hydrogen (secondary N) is 1. The number of non-ortho nitro benzene ring substituents is 1. The van der Waals surface area contributed by atoms with Gasteiger partial charge in [-0.05, 0) is 18.9 Å². The molecule has 0 saturated heterocycles. The molecule has 7 heteroatoms. The lowest BCUT2D eigenvalue weighted by atomic mass is 10.2. The van der Waals surface area contributed by atoms with Crippen LogP contribution in [0.2, 0.25) is 0 Å². The van der Waals surface area contributed by atoms with E-state index in [2.05, 4.69) is 5.32 Å². The quantitative estimate of drug-likeness (QED) is 0.445. The lowest BCUT2D eigenvalue weighted by Gasteiger charge is -2.09. The van der Waals surface area contributed by atoms with Crippen molar-refractivity contribution in [2.45, 2.75) is 19.3 Å². The number of carbonyl (C=O) groups is 1. The van der Waals surface area contributed by atoms with Crippen LogP contribution in [0.15, 0.2) is 18.2 Å². The molecule has 0 heterocycles. The Labute approximate surface area is 110 Å². The Morgan fingerprint density at radius 2 is 2.21 bits per heavy atom. The van der Waals surface area contributed by atoms with Crippen LogP contribution in [0.4, 0.5) is 11.4 Å². The average molecular weight is 268 g/mol. The van der Waals surface area contributed by atoms with E-state index in [0.29, 0.717) is 18.6 Å². The minimum absolute atomic E-state index is 0.0351. The predicted octanol–water partition coefficient (Wildman–Crippen LogP) is 1.70. The van der Waals surface area contributed by atoms with E-state index < -0.39 is 4.92 Å². The number of nitro groups is 1. The zero-order chi connectivity index (χ0) is 14.3. The van der Waals surface area contributed by atoms with Crippen molar-refractivity contribution in [3.63, 3.8) is 0 Å². The summed E-state index contributed by atoms with van der Waals surface area (Å²) in [4.78, 5) is 21.8. The Balaban J connectivity index is 2.77. The molecule has 104 valence electrons. The number of methoxy groups -OCH3 is 1. The number of rotatable bonds is 7. The summed E-state index contributed by atoms with van der Waals surface area (Å²) in [6, 6.07) is 3.99. The van der Waals surface area contributed by atoms with Crippen molar-refractivity contribution in [2.75, 3.05) is 19.0 Å². The van der Waals surface area contributed by atoms with Crippen LogP contribution < -0.4 is 10.1 Å². The van der Waals surface area contributed by atoms with Gasteiger partial charge in [0, 0.05) is 25.2 Å². The third-order valence-electron chi connectivity index (χ3n) is 2.48. The molecule has 1 amide bonds. The van der Waals surface area contributed by atoms with E-state index in [9.17, 15) is 14.9 Å². The molecule has 1 rings (SSSR count). The number of nitro benzene ring substituents is 1. The van der Waals surface area contributed by atoms with E-state index in [4.69, 9.17) is 9.84 Å². The van der Waals surface area contributed by atoms with Gasteiger partial charge in [0.25, 0.3) is 5.69 Å². The van der Waals surface area contributed by atoms with Crippen molar-refractivity contribution in [3.05, 3.63) is 28.3 Å². The summed E-state index contributed by atoms with van der Waals surface area (Å²) in [7, 11) is 1.42. The lowest BCUT2D eigenvalue weighted by Crippen LogP contribution is -2.12. The summed E-state index contributed by atoms with van der Waals surface area (Å²) >= 11 is 0. The molecular formula is C12H16N2O5. The Kier molecular flexibility index (Phi) is 5.74. The minimum atomic E-state index is -0.541. The highest BCUT2D eigenvalue weighted by Crippen LogP contribution is 2.28. The van der Waals surface area contributed by atoms with Crippen molar-refractivity contribution < 1.29 is 19.6 Å². The Bertz CT molecular complexity index is 461. The number of hydrogen-bond acceptors (Lipinski definition) is 5. The second kappa shape index (κ2) is 7.32. The Morgan fingerprint density at radius 3 is 2.79 bits per heavy atom. The highest BCUT2D eigenvalue weighted by Gasteiger charge is 2.13. The number of anilines is 1. The highest BCUT2D eigenvalue weighted by atomic mass is 16.6. The number of amides is 1. The maximum atomic E-state index is 11.6. The zero-order valence-corrected chi connectivity index (χ0v) is 10.6. The van der Waals surface area contributed by atoms with Crippen LogP contribution >= 0.6 is 0 Å². The first-order valence-electron chi connectivity index (χ1n) is 5.81. The number of unbranched alkanes of at least 4 members (excludes halogenated alkanes) is 1. The summed E-state index contributed by atoms with van der Waals surface area (Å²) in [5.41, 5.74) is 0.150. The summed E-state index contributed by atoms with van der Waals surface area (Å²) in [6.45, 7) is 0.0351. The van der Waals surface area contributed by atoms with E-state index in [1.54, 1.807) is 0 Å². The van der Waals surface area contributed by atoms with E-state index in [1.165, 1.54) is 25.3 Å². The largest absolute Gasteiger partial charge is 0.495 e. The number of ether oxygens (including phenoxy) is 1. The Hall–Kier alpha value is -2.15. The van der Waals surface area contributed by atoms with Gasteiger partial charge in [-0.2, -0.15) is 0 Å². The monoisotopic (exact) mass is 268 g/mol. The molecule has 0 saturated carbocycles. The molecule has 0 spiro atoms. The molecule has 0 atom stereocenters. The second-order valence-electron chi connectivity index (χ2n) is 3.87. The van der Waals surface area contributed by atoms with Crippen LogP contribution in [0.1, 0.15) is 19.3 Å². The summed E-state index contributed by atoms with van der Waals surface area (Å²) in [6.07, 6.45) is 1.34. The van der Waals surface area contributed by atoms with E-state index in [1.807, 2.05) is 0 Å². The molecule has 2 N–H and O–H groups in total. The average Bonchev–Trinajstić information content (AvgIpc) is 2.38. The van der Waals surface area contributed by atoms with Crippen molar-refractivity contribution in [2.24, 2.45) is 0 Å². The minimum Gasteiger partial charge on any atom is -0.495 e. The number of carbonyl (C=O) groups excluding carboxylic acids is 1. The fourth-order valence-corrected chi connectivity index (χ4v) is 1.52. The van der Waals surface area contributed by atoms with Crippen molar-refractivity contribution >= 4 is 17.3 Å². The van der Waals surface area contributed by atoms with Crippen LogP contribution in [0.25, 0.3) is 0 Å². The van der Waals surface area contributed by atoms with Gasteiger partial charge in [-0.3, -0.25) is 14.9 Å². The van der Waals surface area contributed by atoms with Gasteiger partial charge in [-0.1, -0.05) is 0 Å². The third-order valence-corrected chi connectivity index (χ3v) is 2.48. The molecule has 0 aliphatic heterocycles. The number of nitrogens with zero attached hydrogens (tertiary/aromatic N) is 1. The second-order valence-corrected chi connectivity index (χ2v) is 3.87. The molecule has 0 aromatic heterocycles. The zero-order valence-electron chi connectivity index (χ0n) is 10.6. The number of hydrogen-bond donors (Lipinski definition) is 2. The van der Waals surface area contributed by atoms with Gasteiger partial charge in [0.15, 0.2) is 0 Å². The van der Waals surface area contributed by atoms with Gasteiger partial charge in [0.2, 0.25) is 5.91 Å². The van der Waals surface area contributed by atoms with Crippen molar-refractivity contribution in [1.82, 2.24) is 0 Å². The molecule has 0 fully saturated rings. The van der Waals surface area contributed by atoms with Gasteiger partial charge >= 0.3 is 0 Å². The summed E-state index contributed by atoms with van der Waals surface area (Å²) < 4.78 is 5.03. The molecular weight excluding hydrogens is 252 g/mol. The van der Waals surface area contributed by atoms with Gasteiger partial charge in [-0.15, -0.1) is 0 Å². The van der Waals surface area contributed by atoms with E-state index in [-0.39, 0.29) is 30.3 Å². The van der Waals surface area contributed by atoms with Crippen molar-refractivity contribution in [1.29, 1.82) is 0 Å². The molecule has 1 aromatic rings. The first-order chi connectivity index (χ1) is 9.08. The van der Waals surface area contributed by atoms with Crippen LogP contribution in [-0.4, -0.2) is 29.7 Å². The molecule has 0 unspecified atom stereocenters. The van der Waals surface area contributed by atoms with E-state index in [0.717, 1.165) is 0 Å². The topological polar surface area (TPSA) is 102 Å². The number of aliphatic hydroxyl groups is 1. The van der Waals surface area contributed by atoms with Crippen LogP contribution in [0.5, 0.6) is 5.75 Å². The maximum absolute atomic E-state index is 11.6. The number of aliphatic hydroxyl groups excluding tert-OH is 1. The smallest absolute Gasteiger partial charge is 0.271 e. The van der Waals surface area contributed by atoms with E-state index >= 15 is 0 Å². The van der Waals surface area contributed by atoms with Crippen molar-refractivity contribution in [3.8, 4) is 5.75 Å². The highest BCUT2D eigenvalue weighted by molar-refractivity contribution is 5.92. The number of benzene rings is 1. The van der Waals surface area contributed by atoms with Gasteiger partial charge < -0.3 is 15.2 Å². The first-order valence-corrected chi connectivity index (χ1v) is 5.81. The molecule has 19 heavy (non-hydrogen) atoms. The SMILES string of the molecule is COc1ccc([N+](=O)[O-])cc1NC(=O)CCCCO. The standard InChI is InChI=1S/C12H16N2O5/c1-19-11-6-5-9(14(17)18)8-10(11)13-12(16)4-2-3-7-15/h5-6,8,15H,2-4,7H2,1H3,(H,13,16). The van der Waals surface area contributed by atoms with Crippen LogP contribution in [0.3, 0.4) is 0 Å². The summed E-state index contributed by atoms with van der Waals surface area (Å²) in [5.74, 6) is 0.0911. The fourth-order valence-electron chi connectivity index (χ4n) is 1.52. The van der Waals surface area contributed by atoms with Crippen LogP contribution in [-0.2, 0) is 4.79 Å². The molecule has 0 radical (unpaired) electrons. The maximum Gasteiger partial charge on any atom is 0.271 e. The molecule has 0 bridgehead atoms. The van der Waals surface area contributed by atoms with Gasteiger partial charge in [0.05, 0.1) is 17.7 Å². The third kappa shape index (κ3) is 4.55. The van der Waals surface area contributed by atoms with Gasteiger partial charge in [-0.25, -0.2) is 0 Å². The normalized spacial score (nSPS) is 10.0. The fraction of sp³-hybridized carbons (Fsp3) is 0.417. The predicted molar refractivity (Wildman–Crippen MR) is 69.2 cm³/mol. The van der Waals surface area contributed by atoms with Gasteiger partial charge in [0.1, 0.15) is 5.75 Å². The first kappa shape index (κ1) is 14.9. The molecule has 7 nitrogen and oxygen atoms in total. The molecule has 0 aliphatic rings.